The summed E-state index contributed by atoms with van der Waals surface area (Å²) in [6.45, 7) is 1.87. The van der Waals surface area contributed by atoms with Crippen molar-refractivity contribution in [3.8, 4) is 0 Å². The fourth-order valence-corrected chi connectivity index (χ4v) is 2.20. The molecule has 1 aromatic heterocycles. The molecule has 0 saturated heterocycles. The lowest BCUT2D eigenvalue weighted by atomic mass is 10.1. The van der Waals surface area contributed by atoms with Gasteiger partial charge in [0.25, 0.3) is 0 Å². The molecule has 1 unspecified atom stereocenters. The average molecular weight is 244 g/mol. The van der Waals surface area contributed by atoms with E-state index in [-0.39, 0.29) is 11.0 Å². The zero-order chi connectivity index (χ0) is 12.1. The number of rotatable bonds is 4. The maximum atomic E-state index is 12.1. The Hall–Kier alpha value is -1.68. The van der Waals surface area contributed by atoms with Gasteiger partial charge in [-0.1, -0.05) is 42.1 Å². The Balaban J connectivity index is 2.06. The van der Waals surface area contributed by atoms with Gasteiger partial charge in [-0.3, -0.25) is 4.79 Å². The Morgan fingerprint density at radius 1 is 1.12 bits per heavy atom. The monoisotopic (exact) mass is 244 g/mol. The summed E-state index contributed by atoms with van der Waals surface area (Å²) >= 11 is 1.37. The third-order valence-electron chi connectivity index (χ3n) is 2.25. The molecule has 3 nitrogen and oxygen atoms in total. The van der Waals surface area contributed by atoms with E-state index in [1.54, 1.807) is 18.5 Å². The van der Waals surface area contributed by atoms with Crippen molar-refractivity contribution in [2.24, 2.45) is 0 Å². The zero-order valence-corrected chi connectivity index (χ0v) is 10.2. The summed E-state index contributed by atoms with van der Waals surface area (Å²) in [5.74, 6) is 0.100. The molecule has 0 spiro atoms. The van der Waals surface area contributed by atoms with Crippen LogP contribution in [0.25, 0.3) is 0 Å². The summed E-state index contributed by atoms with van der Waals surface area (Å²) in [4.78, 5) is 20.3. The summed E-state index contributed by atoms with van der Waals surface area (Å²) in [5, 5.41) is 0.448. The summed E-state index contributed by atoms with van der Waals surface area (Å²) in [6, 6.07) is 11.0. The van der Waals surface area contributed by atoms with E-state index in [4.69, 9.17) is 0 Å². The smallest absolute Gasteiger partial charge is 0.188 e. The number of nitrogens with zero attached hydrogens (tertiary/aromatic N) is 2. The molecule has 1 aromatic carbocycles. The summed E-state index contributed by atoms with van der Waals surface area (Å²) in [7, 11) is 0. The molecular weight excluding hydrogens is 232 g/mol. The molecule has 17 heavy (non-hydrogen) atoms. The first-order valence-electron chi connectivity index (χ1n) is 5.30. The Labute approximate surface area is 104 Å². The number of Topliss-reactive ketones (excluding diaryl/α,β-unsaturated/α-hetero) is 1. The lowest BCUT2D eigenvalue weighted by molar-refractivity contribution is 0.0994. The zero-order valence-electron chi connectivity index (χ0n) is 9.41. The Morgan fingerprint density at radius 2 is 1.76 bits per heavy atom. The molecule has 2 aromatic rings. The molecule has 0 aliphatic heterocycles. The highest BCUT2D eigenvalue weighted by Crippen LogP contribution is 2.21. The third kappa shape index (κ3) is 3.14. The lowest BCUT2D eigenvalue weighted by Gasteiger charge is -2.08. The van der Waals surface area contributed by atoms with Crippen LogP contribution in [0.2, 0.25) is 0 Å². The highest BCUT2D eigenvalue weighted by atomic mass is 32.2. The van der Waals surface area contributed by atoms with Gasteiger partial charge in [-0.25, -0.2) is 9.97 Å². The SMILES string of the molecule is CC(Sc1ncccn1)C(=O)c1ccccc1. The van der Waals surface area contributed by atoms with Crippen LogP contribution in [0.15, 0.2) is 53.9 Å². The van der Waals surface area contributed by atoms with Crippen LogP contribution in [0, 0.1) is 0 Å². The Kier molecular flexibility index (Phi) is 3.88. The number of carbonyl (C=O) groups is 1. The minimum atomic E-state index is -0.181. The molecule has 1 heterocycles. The molecule has 0 bridgehead atoms. The number of aromatic nitrogens is 2. The van der Waals surface area contributed by atoms with Crippen molar-refractivity contribution in [2.75, 3.05) is 0 Å². The first-order valence-corrected chi connectivity index (χ1v) is 6.18. The van der Waals surface area contributed by atoms with Gasteiger partial charge in [0, 0.05) is 18.0 Å². The van der Waals surface area contributed by atoms with Crippen LogP contribution >= 0.6 is 11.8 Å². The molecule has 0 aliphatic rings. The molecule has 0 saturated carbocycles. The maximum absolute atomic E-state index is 12.1. The van der Waals surface area contributed by atoms with Crippen molar-refractivity contribution in [3.05, 3.63) is 54.4 Å². The maximum Gasteiger partial charge on any atom is 0.188 e. The summed E-state index contributed by atoms with van der Waals surface area (Å²) in [5.41, 5.74) is 0.725. The molecule has 2 rings (SSSR count). The van der Waals surface area contributed by atoms with Crippen molar-refractivity contribution in [3.63, 3.8) is 0 Å². The van der Waals surface area contributed by atoms with Crippen LogP contribution in [0.1, 0.15) is 17.3 Å². The second-order valence-corrected chi connectivity index (χ2v) is 4.83. The first-order chi connectivity index (χ1) is 8.27. The first kappa shape index (κ1) is 11.8. The van der Waals surface area contributed by atoms with Crippen LogP contribution in [0.4, 0.5) is 0 Å². The topological polar surface area (TPSA) is 42.9 Å². The molecule has 0 fully saturated rings. The van der Waals surface area contributed by atoms with E-state index in [0.717, 1.165) is 5.56 Å². The molecule has 0 amide bonds. The number of hydrogen-bond acceptors (Lipinski definition) is 4. The van der Waals surface area contributed by atoms with Crippen molar-refractivity contribution in [2.45, 2.75) is 17.3 Å². The van der Waals surface area contributed by atoms with Gasteiger partial charge in [0.05, 0.1) is 5.25 Å². The number of hydrogen-bond donors (Lipinski definition) is 0. The van der Waals surface area contributed by atoms with E-state index >= 15 is 0 Å². The molecule has 0 radical (unpaired) electrons. The predicted molar refractivity (Wildman–Crippen MR) is 68.1 cm³/mol. The van der Waals surface area contributed by atoms with Gasteiger partial charge in [-0.15, -0.1) is 0 Å². The fourth-order valence-electron chi connectivity index (χ4n) is 1.40. The minimum absolute atomic E-state index is 0.100. The Bertz CT molecular complexity index is 487. The van der Waals surface area contributed by atoms with Crippen LogP contribution in [-0.4, -0.2) is 21.0 Å². The number of ketones is 1. The number of benzene rings is 1. The van der Waals surface area contributed by atoms with Crippen LogP contribution in [-0.2, 0) is 0 Å². The third-order valence-corrected chi connectivity index (χ3v) is 3.24. The van der Waals surface area contributed by atoms with E-state index in [1.165, 1.54) is 11.8 Å². The quantitative estimate of drug-likeness (QED) is 0.471. The predicted octanol–water partition coefficient (Wildman–Crippen LogP) is 2.84. The second kappa shape index (κ2) is 5.59. The standard InChI is InChI=1S/C13H12N2OS/c1-10(17-13-14-8-5-9-15-13)12(16)11-6-3-2-4-7-11/h2-10H,1H3. The normalized spacial score (nSPS) is 12.1. The average Bonchev–Trinajstić information content (AvgIpc) is 2.40. The minimum Gasteiger partial charge on any atom is -0.293 e. The molecule has 4 heteroatoms. The van der Waals surface area contributed by atoms with Gasteiger partial charge in [0.15, 0.2) is 10.9 Å². The molecular formula is C13H12N2OS. The van der Waals surface area contributed by atoms with Crippen LogP contribution in [0.5, 0.6) is 0 Å². The fraction of sp³-hybridized carbons (Fsp3) is 0.154. The molecule has 1 atom stereocenters. The van der Waals surface area contributed by atoms with E-state index in [9.17, 15) is 4.79 Å². The molecule has 86 valence electrons. The second-order valence-electron chi connectivity index (χ2n) is 3.52. The number of thioether (sulfide) groups is 1. The van der Waals surface area contributed by atoms with Gasteiger partial charge in [-0.2, -0.15) is 0 Å². The van der Waals surface area contributed by atoms with Crippen molar-refractivity contribution >= 4 is 17.5 Å². The van der Waals surface area contributed by atoms with E-state index in [2.05, 4.69) is 9.97 Å². The Morgan fingerprint density at radius 3 is 2.41 bits per heavy atom. The van der Waals surface area contributed by atoms with Gasteiger partial charge < -0.3 is 0 Å². The van der Waals surface area contributed by atoms with Crippen molar-refractivity contribution < 1.29 is 4.79 Å². The van der Waals surface area contributed by atoms with Crippen LogP contribution < -0.4 is 0 Å². The van der Waals surface area contributed by atoms with Gasteiger partial charge in [0.2, 0.25) is 0 Å². The summed E-state index contributed by atoms with van der Waals surface area (Å²) in [6.07, 6.45) is 3.35. The molecule has 0 N–H and O–H groups in total. The van der Waals surface area contributed by atoms with Gasteiger partial charge >= 0.3 is 0 Å². The van der Waals surface area contributed by atoms with E-state index < -0.39 is 0 Å². The largest absolute Gasteiger partial charge is 0.293 e. The summed E-state index contributed by atoms with van der Waals surface area (Å²) < 4.78 is 0. The highest BCUT2D eigenvalue weighted by Gasteiger charge is 2.16. The van der Waals surface area contributed by atoms with Crippen LogP contribution in [0.3, 0.4) is 0 Å². The lowest BCUT2D eigenvalue weighted by Crippen LogP contribution is -2.13. The van der Waals surface area contributed by atoms with E-state index in [0.29, 0.717) is 5.16 Å². The van der Waals surface area contributed by atoms with Crippen molar-refractivity contribution in [1.29, 1.82) is 0 Å². The van der Waals surface area contributed by atoms with Gasteiger partial charge in [0.1, 0.15) is 0 Å². The molecule has 0 aliphatic carbocycles. The van der Waals surface area contributed by atoms with Crippen molar-refractivity contribution in [1.82, 2.24) is 9.97 Å². The highest BCUT2D eigenvalue weighted by molar-refractivity contribution is 8.00. The van der Waals surface area contributed by atoms with E-state index in [1.807, 2.05) is 37.3 Å². The number of carbonyl (C=O) groups excluding carboxylic acids is 1. The van der Waals surface area contributed by atoms with Gasteiger partial charge in [-0.05, 0) is 13.0 Å².